The average Bonchev–Trinajstić information content (AvgIpc) is 2.48. The first-order valence-electron chi connectivity index (χ1n) is 6.08. The van der Waals surface area contributed by atoms with E-state index in [4.69, 9.17) is 5.26 Å². The zero-order valence-electron chi connectivity index (χ0n) is 10.9. The molecule has 21 heavy (non-hydrogen) atoms. The van der Waals surface area contributed by atoms with Gasteiger partial charge in [-0.3, -0.25) is 4.79 Å². The van der Waals surface area contributed by atoms with Gasteiger partial charge in [0, 0.05) is 0 Å². The molecule has 0 atom stereocenters. The van der Waals surface area contributed by atoms with Crippen LogP contribution in [0.3, 0.4) is 0 Å². The van der Waals surface area contributed by atoms with Crippen LogP contribution in [0.5, 0.6) is 0 Å². The Morgan fingerprint density at radius 1 is 1.10 bits per heavy atom. The van der Waals surface area contributed by atoms with Crippen LogP contribution in [0, 0.1) is 23.0 Å². The van der Waals surface area contributed by atoms with E-state index in [0.29, 0.717) is 0 Å². The van der Waals surface area contributed by atoms with Gasteiger partial charge in [0.05, 0.1) is 29.6 Å². The van der Waals surface area contributed by atoms with Crippen molar-refractivity contribution in [3.63, 3.8) is 0 Å². The molecule has 0 saturated carbocycles. The van der Waals surface area contributed by atoms with Gasteiger partial charge in [-0.15, -0.1) is 0 Å². The molecule has 0 radical (unpaired) electrons. The van der Waals surface area contributed by atoms with E-state index in [-0.39, 0.29) is 23.5 Å². The smallest absolute Gasteiger partial charge is 0.243 e. The molecule has 4 nitrogen and oxygen atoms in total. The number of carbonyl (C=O) groups excluding carboxylic acids is 1. The number of anilines is 2. The van der Waals surface area contributed by atoms with Gasteiger partial charge in [0.1, 0.15) is 11.6 Å². The Bertz CT molecular complexity index is 710. The zero-order chi connectivity index (χ0) is 15.2. The van der Waals surface area contributed by atoms with Crippen molar-refractivity contribution in [3.05, 3.63) is 59.7 Å². The number of halogens is 2. The molecule has 2 aromatic rings. The van der Waals surface area contributed by atoms with E-state index in [1.165, 1.54) is 30.3 Å². The van der Waals surface area contributed by atoms with Crippen LogP contribution in [0.15, 0.2) is 42.5 Å². The Morgan fingerprint density at radius 2 is 1.86 bits per heavy atom. The van der Waals surface area contributed by atoms with Crippen molar-refractivity contribution in [1.82, 2.24) is 0 Å². The molecule has 0 aliphatic heterocycles. The van der Waals surface area contributed by atoms with E-state index in [1.54, 1.807) is 6.07 Å². The predicted octanol–water partition coefficient (Wildman–Crippen LogP) is 2.89. The van der Waals surface area contributed by atoms with Crippen LogP contribution in [0.2, 0.25) is 0 Å². The van der Waals surface area contributed by atoms with Crippen LogP contribution in [-0.2, 0) is 4.79 Å². The molecule has 1 amide bonds. The molecule has 2 rings (SSSR count). The molecule has 0 heterocycles. The molecule has 0 saturated heterocycles. The summed E-state index contributed by atoms with van der Waals surface area (Å²) in [5, 5.41) is 13.6. The number of nitrogens with one attached hydrogen (secondary N) is 2. The summed E-state index contributed by atoms with van der Waals surface area (Å²) in [6.45, 7) is -0.225. The van der Waals surface area contributed by atoms with Crippen molar-refractivity contribution in [2.45, 2.75) is 0 Å². The Labute approximate surface area is 120 Å². The fourth-order valence-electron chi connectivity index (χ4n) is 1.66. The standard InChI is InChI=1S/C15H11F2N3O/c16-11-3-1-2-4-14(11)20-15(21)9-19-13-6-5-10(8-18)7-12(13)17/h1-7,19H,9H2,(H,20,21). The number of rotatable bonds is 4. The van der Waals surface area contributed by atoms with E-state index >= 15 is 0 Å². The predicted molar refractivity (Wildman–Crippen MR) is 74.6 cm³/mol. The minimum absolute atomic E-state index is 0.0598. The zero-order valence-corrected chi connectivity index (χ0v) is 10.9. The van der Waals surface area contributed by atoms with Crippen molar-refractivity contribution in [1.29, 1.82) is 5.26 Å². The highest BCUT2D eigenvalue weighted by Gasteiger charge is 2.08. The summed E-state index contributed by atoms with van der Waals surface area (Å²) in [7, 11) is 0. The van der Waals surface area contributed by atoms with Crippen LogP contribution < -0.4 is 10.6 Å². The molecule has 106 valence electrons. The van der Waals surface area contributed by atoms with Crippen LogP contribution >= 0.6 is 0 Å². The highest BCUT2D eigenvalue weighted by atomic mass is 19.1. The van der Waals surface area contributed by atoms with E-state index in [9.17, 15) is 13.6 Å². The fraction of sp³-hybridized carbons (Fsp3) is 0.0667. The third kappa shape index (κ3) is 3.76. The number of carbonyl (C=O) groups is 1. The highest BCUT2D eigenvalue weighted by molar-refractivity contribution is 5.93. The van der Waals surface area contributed by atoms with Crippen LogP contribution in [-0.4, -0.2) is 12.5 Å². The Hall–Kier alpha value is -2.94. The van der Waals surface area contributed by atoms with Crippen LogP contribution in [0.25, 0.3) is 0 Å². The Morgan fingerprint density at radius 3 is 2.52 bits per heavy atom. The summed E-state index contributed by atoms with van der Waals surface area (Å²) in [6, 6.07) is 11.4. The fourth-order valence-corrected chi connectivity index (χ4v) is 1.66. The summed E-state index contributed by atoms with van der Waals surface area (Å²) < 4.78 is 26.9. The molecule has 6 heteroatoms. The number of amides is 1. The Kier molecular flexibility index (Phi) is 4.46. The van der Waals surface area contributed by atoms with E-state index in [0.717, 1.165) is 6.07 Å². The normalized spacial score (nSPS) is 9.76. The number of hydrogen-bond donors (Lipinski definition) is 2. The van der Waals surface area contributed by atoms with Crippen molar-refractivity contribution < 1.29 is 13.6 Å². The minimum atomic E-state index is -0.632. The first-order valence-corrected chi connectivity index (χ1v) is 6.08. The molecule has 0 unspecified atom stereocenters. The summed E-state index contributed by atoms with van der Waals surface area (Å²) >= 11 is 0. The topological polar surface area (TPSA) is 64.9 Å². The number of para-hydroxylation sites is 1. The van der Waals surface area contributed by atoms with Gasteiger partial charge in [0.25, 0.3) is 0 Å². The number of benzene rings is 2. The first kappa shape index (κ1) is 14.5. The minimum Gasteiger partial charge on any atom is -0.374 e. The Balaban J connectivity index is 1.96. The van der Waals surface area contributed by atoms with Crippen molar-refractivity contribution in [2.75, 3.05) is 17.2 Å². The molecule has 0 aromatic heterocycles. The number of nitriles is 1. The molecule has 0 spiro atoms. The molecule has 0 fully saturated rings. The van der Waals surface area contributed by atoms with Crippen molar-refractivity contribution >= 4 is 17.3 Å². The van der Waals surface area contributed by atoms with Gasteiger partial charge in [0.2, 0.25) is 5.91 Å². The van der Waals surface area contributed by atoms with Crippen molar-refractivity contribution in [3.8, 4) is 6.07 Å². The molecule has 0 bridgehead atoms. The average molecular weight is 287 g/mol. The monoisotopic (exact) mass is 287 g/mol. The van der Waals surface area contributed by atoms with Gasteiger partial charge >= 0.3 is 0 Å². The lowest BCUT2D eigenvalue weighted by Gasteiger charge is -2.09. The molecule has 0 aliphatic rings. The maximum absolute atomic E-state index is 13.6. The van der Waals surface area contributed by atoms with Gasteiger partial charge in [0.15, 0.2) is 0 Å². The third-order valence-electron chi connectivity index (χ3n) is 2.69. The maximum Gasteiger partial charge on any atom is 0.243 e. The van der Waals surface area contributed by atoms with Gasteiger partial charge in [-0.2, -0.15) is 5.26 Å². The highest BCUT2D eigenvalue weighted by Crippen LogP contribution is 2.15. The molecule has 2 aromatic carbocycles. The third-order valence-corrected chi connectivity index (χ3v) is 2.69. The van der Waals surface area contributed by atoms with Gasteiger partial charge in [-0.25, -0.2) is 8.78 Å². The van der Waals surface area contributed by atoms with E-state index < -0.39 is 17.5 Å². The molecule has 0 aliphatic carbocycles. The summed E-state index contributed by atoms with van der Waals surface area (Å²) in [4.78, 5) is 11.7. The summed E-state index contributed by atoms with van der Waals surface area (Å²) in [5.74, 6) is -1.69. The van der Waals surface area contributed by atoms with Crippen LogP contribution in [0.4, 0.5) is 20.2 Å². The quantitative estimate of drug-likeness (QED) is 0.908. The largest absolute Gasteiger partial charge is 0.374 e. The van der Waals surface area contributed by atoms with Crippen LogP contribution in [0.1, 0.15) is 5.56 Å². The summed E-state index contributed by atoms with van der Waals surface area (Å²) in [6.07, 6.45) is 0. The van der Waals surface area contributed by atoms with E-state index in [2.05, 4.69) is 10.6 Å². The molecular weight excluding hydrogens is 276 g/mol. The molecular formula is C15H11F2N3O. The number of nitrogens with zero attached hydrogens (tertiary/aromatic N) is 1. The van der Waals surface area contributed by atoms with Gasteiger partial charge in [-0.1, -0.05) is 12.1 Å². The lowest BCUT2D eigenvalue weighted by Crippen LogP contribution is -2.22. The van der Waals surface area contributed by atoms with Gasteiger partial charge in [-0.05, 0) is 30.3 Å². The second-order valence-electron chi connectivity index (χ2n) is 4.19. The maximum atomic E-state index is 13.6. The lowest BCUT2D eigenvalue weighted by atomic mass is 10.2. The lowest BCUT2D eigenvalue weighted by molar-refractivity contribution is -0.114. The second-order valence-corrected chi connectivity index (χ2v) is 4.19. The van der Waals surface area contributed by atoms with E-state index in [1.807, 2.05) is 6.07 Å². The first-order chi connectivity index (χ1) is 10.1. The summed E-state index contributed by atoms with van der Waals surface area (Å²) in [5.41, 5.74) is 0.344. The van der Waals surface area contributed by atoms with Crippen molar-refractivity contribution in [2.24, 2.45) is 0 Å². The van der Waals surface area contributed by atoms with Gasteiger partial charge < -0.3 is 10.6 Å². The molecule has 2 N–H and O–H groups in total. The SMILES string of the molecule is N#Cc1ccc(NCC(=O)Nc2ccccc2F)c(F)c1. The second kappa shape index (κ2) is 6.48. The number of hydrogen-bond acceptors (Lipinski definition) is 3.